The van der Waals surface area contributed by atoms with Crippen molar-refractivity contribution in [2.45, 2.75) is 26.3 Å². The molecule has 25 heavy (non-hydrogen) atoms. The Bertz CT molecular complexity index is 695. The van der Waals surface area contributed by atoms with E-state index in [9.17, 15) is 4.79 Å². The SMILES string of the molecule is COc1ccc(NC(=O)c2ccc(CN3CCC[C@@H](C)C3)cc2)cc1. The van der Waals surface area contributed by atoms with Crippen molar-refractivity contribution in [3.8, 4) is 5.75 Å². The van der Waals surface area contributed by atoms with Crippen LogP contribution in [0.1, 0.15) is 35.7 Å². The molecule has 4 heteroatoms. The van der Waals surface area contributed by atoms with Crippen LogP contribution in [0.15, 0.2) is 48.5 Å². The number of rotatable bonds is 5. The number of piperidine rings is 1. The Morgan fingerprint density at radius 1 is 1.16 bits per heavy atom. The minimum atomic E-state index is -0.0942. The van der Waals surface area contributed by atoms with Gasteiger partial charge >= 0.3 is 0 Å². The van der Waals surface area contributed by atoms with E-state index in [2.05, 4.69) is 29.3 Å². The van der Waals surface area contributed by atoms with E-state index in [0.717, 1.165) is 23.9 Å². The van der Waals surface area contributed by atoms with Crippen LogP contribution in [0.2, 0.25) is 0 Å². The number of hydrogen-bond acceptors (Lipinski definition) is 3. The predicted molar refractivity (Wildman–Crippen MR) is 101 cm³/mol. The Morgan fingerprint density at radius 2 is 1.88 bits per heavy atom. The third-order valence-electron chi connectivity index (χ3n) is 4.71. The van der Waals surface area contributed by atoms with Crippen LogP contribution in [-0.2, 0) is 6.54 Å². The predicted octanol–water partition coefficient (Wildman–Crippen LogP) is 4.18. The summed E-state index contributed by atoms with van der Waals surface area (Å²) in [5.41, 5.74) is 2.69. The molecule has 0 aromatic heterocycles. The van der Waals surface area contributed by atoms with Gasteiger partial charge < -0.3 is 10.1 Å². The van der Waals surface area contributed by atoms with Gasteiger partial charge in [-0.3, -0.25) is 9.69 Å². The lowest BCUT2D eigenvalue weighted by molar-refractivity contribution is 0.102. The Morgan fingerprint density at radius 3 is 2.52 bits per heavy atom. The summed E-state index contributed by atoms with van der Waals surface area (Å²) in [6.07, 6.45) is 2.62. The Hall–Kier alpha value is -2.33. The molecule has 0 spiro atoms. The molecule has 3 rings (SSSR count). The van der Waals surface area contributed by atoms with Crippen molar-refractivity contribution in [2.24, 2.45) is 5.92 Å². The minimum Gasteiger partial charge on any atom is -0.497 e. The third kappa shape index (κ3) is 4.83. The molecular weight excluding hydrogens is 312 g/mol. The zero-order chi connectivity index (χ0) is 17.6. The van der Waals surface area contributed by atoms with Crippen LogP contribution in [0.5, 0.6) is 5.75 Å². The molecule has 1 saturated heterocycles. The van der Waals surface area contributed by atoms with Gasteiger partial charge in [-0.1, -0.05) is 19.1 Å². The molecule has 2 aromatic carbocycles. The molecule has 1 aliphatic heterocycles. The molecule has 2 aromatic rings. The summed E-state index contributed by atoms with van der Waals surface area (Å²) in [5, 5.41) is 2.91. The van der Waals surface area contributed by atoms with Gasteiger partial charge in [0, 0.05) is 24.3 Å². The van der Waals surface area contributed by atoms with Crippen molar-refractivity contribution < 1.29 is 9.53 Å². The van der Waals surface area contributed by atoms with Gasteiger partial charge in [0.25, 0.3) is 5.91 Å². The molecule has 1 fully saturated rings. The van der Waals surface area contributed by atoms with E-state index in [-0.39, 0.29) is 5.91 Å². The number of benzene rings is 2. The highest BCUT2D eigenvalue weighted by Gasteiger charge is 2.16. The van der Waals surface area contributed by atoms with Crippen molar-refractivity contribution in [2.75, 3.05) is 25.5 Å². The van der Waals surface area contributed by atoms with E-state index in [1.54, 1.807) is 7.11 Å². The number of amides is 1. The largest absolute Gasteiger partial charge is 0.497 e. The van der Waals surface area contributed by atoms with Gasteiger partial charge in [0.1, 0.15) is 5.75 Å². The van der Waals surface area contributed by atoms with Gasteiger partial charge in [-0.15, -0.1) is 0 Å². The van der Waals surface area contributed by atoms with Gasteiger partial charge in [0.05, 0.1) is 7.11 Å². The van der Waals surface area contributed by atoms with E-state index in [0.29, 0.717) is 5.56 Å². The molecular formula is C21H26N2O2. The summed E-state index contributed by atoms with van der Waals surface area (Å²) in [6, 6.07) is 15.3. The highest BCUT2D eigenvalue weighted by molar-refractivity contribution is 6.04. The molecule has 1 N–H and O–H groups in total. The van der Waals surface area contributed by atoms with Crippen LogP contribution in [0.4, 0.5) is 5.69 Å². The number of ether oxygens (including phenoxy) is 1. The highest BCUT2D eigenvalue weighted by Crippen LogP contribution is 2.19. The molecule has 4 nitrogen and oxygen atoms in total. The molecule has 132 valence electrons. The Labute approximate surface area is 149 Å². The minimum absolute atomic E-state index is 0.0942. The fourth-order valence-electron chi connectivity index (χ4n) is 3.33. The first-order valence-corrected chi connectivity index (χ1v) is 8.91. The fraction of sp³-hybridized carbons (Fsp3) is 0.381. The first kappa shape index (κ1) is 17.5. The number of likely N-dealkylation sites (tertiary alicyclic amines) is 1. The average Bonchev–Trinajstić information content (AvgIpc) is 2.63. The third-order valence-corrected chi connectivity index (χ3v) is 4.71. The van der Waals surface area contributed by atoms with E-state index in [4.69, 9.17) is 4.74 Å². The van der Waals surface area contributed by atoms with Crippen LogP contribution in [0.25, 0.3) is 0 Å². The lowest BCUT2D eigenvalue weighted by atomic mass is 9.99. The standard InChI is InChI=1S/C21H26N2O2/c1-16-4-3-13-23(14-16)15-17-5-7-18(8-6-17)21(24)22-19-9-11-20(25-2)12-10-19/h5-12,16H,3-4,13-15H2,1-2H3,(H,22,24)/t16-/m1/s1. The molecule has 1 heterocycles. The molecule has 0 bridgehead atoms. The van der Waals surface area contributed by atoms with Gasteiger partial charge in [-0.25, -0.2) is 0 Å². The molecule has 1 aliphatic rings. The maximum atomic E-state index is 12.4. The number of carbonyl (C=O) groups excluding carboxylic acids is 1. The van der Waals surface area contributed by atoms with Crippen molar-refractivity contribution in [3.05, 3.63) is 59.7 Å². The van der Waals surface area contributed by atoms with Crippen LogP contribution in [-0.4, -0.2) is 31.0 Å². The molecule has 1 amide bonds. The topological polar surface area (TPSA) is 41.6 Å². The molecule has 0 saturated carbocycles. The van der Waals surface area contributed by atoms with Crippen LogP contribution in [0, 0.1) is 5.92 Å². The van der Waals surface area contributed by atoms with Crippen LogP contribution >= 0.6 is 0 Å². The molecule has 0 radical (unpaired) electrons. The normalized spacial score (nSPS) is 17.9. The maximum Gasteiger partial charge on any atom is 0.255 e. The fourth-order valence-corrected chi connectivity index (χ4v) is 3.33. The number of carbonyl (C=O) groups is 1. The number of methoxy groups -OCH3 is 1. The van der Waals surface area contributed by atoms with Crippen molar-refractivity contribution in [1.82, 2.24) is 4.90 Å². The zero-order valence-electron chi connectivity index (χ0n) is 15.0. The van der Waals surface area contributed by atoms with Gasteiger partial charge in [0.15, 0.2) is 0 Å². The lowest BCUT2D eigenvalue weighted by Gasteiger charge is -2.30. The summed E-state index contributed by atoms with van der Waals surface area (Å²) in [6.45, 7) is 5.62. The second kappa shape index (κ2) is 8.17. The number of nitrogens with zero attached hydrogens (tertiary/aromatic N) is 1. The monoisotopic (exact) mass is 338 g/mol. The smallest absolute Gasteiger partial charge is 0.255 e. The molecule has 0 aliphatic carbocycles. The number of nitrogens with one attached hydrogen (secondary N) is 1. The van der Waals surface area contributed by atoms with E-state index in [1.165, 1.54) is 31.5 Å². The van der Waals surface area contributed by atoms with Gasteiger partial charge in [0.2, 0.25) is 0 Å². The Balaban J connectivity index is 1.58. The summed E-state index contributed by atoms with van der Waals surface area (Å²) in [5.74, 6) is 1.46. The van der Waals surface area contributed by atoms with E-state index in [1.807, 2.05) is 36.4 Å². The average molecular weight is 338 g/mol. The second-order valence-corrected chi connectivity index (χ2v) is 6.86. The Kier molecular flexibility index (Phi) is 5.71. The summed E-state index contributed by atoms with van der Waals surface area (Å²) in [4.78, 5) is 14.9. The number of hydrogen-bond donors (Lipinski definition) is 1. The zero-order valence-corrected chi connectivity index (χ0v) is 15.0. The second-order valence-electron chi connectivity index (χ2n) is 6.86. The van der Waals surface area contributed by atoms with E-state index < -0.39 is 0 Å². The van der Waals surface area contributed by atoms with Gasteiger partial charge in [-0.05, 0) is 67.3 Å². The van der Waals surface area contributed by atoms with Crippen LogP contribution < -0.4 is 10.1 Å². The van der Waals surface area contributed by atoms with E-state index >= 15 is 0 Å². The highest BCUT2D eigenvalue weighted by atomic mass is 16.5. The van der Waals surface area contributed by atoms with Crippen molar-refractivity contribution in [3.63, 3.8) is 0 Å². The van der Waals surface area contributed by atoms with Crippen LogP contribution in [0.3, 0.4) is 0 Å². The first-order valence-electron chi connectivity index (χ1n) is 8.91. The number of anilines is 1. The maximum absolute atomic E-state index is 12.4. The first-order chi connectivity index (χ1) is 12.1. The summed E-state index contributed by atoms with van der Waals surface area (Å²) in [7, 11) is 1.62. The van der Waals surface area contributed by atoms with Gasteiger partial charge in [-0.2, -0.15) is 0 Å². The summed E-state index contributed by atoms with van der Waals surface area (Å²) < 4.78 is 5.12. The molecule has 1 atom stereocenters. The molecule has 0 unspecified atom stereocenters. The lowest BCUT2D eigenvalue weighted by Crippen LogP contribution is -2.33. The van der Waals surface area contributed by atoms with Crippen molar-refractivity contribution in [1.29, 1.82) is 0 Å². The quantitative estimate of drug-likeness (QED) is 0.889. The van der Waals surface area contributed by atoms with Crippen molar-refractivity contribution >= 4 is 11.6 Å². The summed E-state index contributed by atoms with van der Waals surface area (Å²) >= 11 is 0.